The van der Waals surface area contributed by atoms with Crippen molar-refractivity contribution in [2.75, 3.05) is 11.9 Å². The molecule has 3 aromatic rings. The molecule has 3 N–H and O–H groups in total. The monoisotopic (exact) mass is 395 g/mol. The lowest BCUT2D eigenvalue weighted by atomic mass is 9.76. The number of fused-ring (bicyclic) bond motifs is 1. The first-order valence-corrected chi connectivity index (χ1v) is 10.6. The maximum absolute atomic E-state index is 11.3. The molecule has 0 aromatic carbocycles. The summed E-state index contributed by atoms with van der Waals surface area (Å²) in [6, 6.07) is 5.48. The van der Waals surface area contributed by atoms with E-state index in [1.54, 1.807) is 6.20 Å². The van der Waals surface area contributed by atoms with Crippen molar-refractivity contribution in [3.8, 4) is 0 Å². The van der Waals surface area contributed by atoms with Crippen molar-refractivity contribution in [2.45, 2.75) is 57.9 Å². The molecule has 4 rings (SSSR count). The summed E-state index contributed by atoms with van der Waals surface area (Å²) in [7, 11) is 0. The second-order valence-corrected chi connectivity index (χ2v) is 7.90. The zero-order chi connectivity index (χ0) is 20.2. The van der Waals surface area contributed by atoms with Gasteiger partial charge in [0, 0.05) is 48.7 Å². The van der Waals surface area contributed by atoms with Gasteiger partial charge < -0.3 is 15.4 Å². The van der Waals surface area contributed by atoms with Gasteiger partial charge in [-0.25, -0.2) is 4.98 Å². The van der Waals surface area contributed by atoms with Crippen LogP contribution in [0.3, 0.4) is 0 Å². The molecule has 3 aromatic heterocycles. The van der Waals surface area contributed by atoms with E-state index in [-0.39, 0.29) is 12.2 Å². The van der Waals surface area contributed by atoms with E-state index in [4.69, 9.17) is 4.98 Å². The number of anilines is 1. The highest BCUT2D eigenvalue weighted by Gasteiger charge is 2.28. The van der Waals surface area contributed by atoms with Crippen LogP contribution >= 0.6 is 0 Å². The molecule has 154 valence electrons. The number of nitrogens with zero attached hydrogens (tertiary/aromatic N) is 3. The minimum absolute atomic E-state index is 0.103. The van der Waals surface area contributed by atoms with Crippen molar-refractivity contribution in [2.24, 2.45) is 5.92 Å². The maximum atomic E-state index is 11.3. The second kappa shape index (κ2) is 8.78. The third-order valence-electron chi connectivity index (χ3n) is 6.06. The Labute approximate surface area is 170 Å². The third kappa shape index (κ3) is 4.19. The lowest BCUT2D eigenvalue weighted by Gasteiger charge is -2.31. The summed E-state index contributed by atoms with van der Waals surface area (Å²) in [6.45, 7) is 2.93. The number of H-pyrrole nitrogens is 1. The van der Waals surface area contributed by atoms with Crippen molar-refractivity contribution in [3.63, 3.8) is 0 Å². The van der Waals surface area contributed by atoms with Gasteiger partial charge in [0.15, 0.2) is 5.65 Å². The molecule has 7 heteroatoms. The van der Waals surface area contributed by atoms with Crippen LogP contribution in [0.1, 0.15) is 61.8 Å². The molecule has 1 saturated carbocycles. The van der Waals surface area contributed by atoms with Crippen LogP contribution in [-0.4, -0.2) is 31.3 Å². The molecule has 0 spiro atoms. The lowest BCUT2D eigenvalue weighted by Crippen LogP contribution is -2.21. The summed E-state index contributed by atoms with van der Waals surface area (Å²) in [5, 5.41) is 17.5. The summed E-state index contributed by atoms with van der Waals surface area (Å²) < 4.78 is 1.87. The van der Waals surface area contributed by atoms with Crippen LogP contribution in [0.4, 0.5) is 5.82 Å². The standard InChI is InChI=1S/C22H29N5O2/c1-2-16-14-25-27-20(23-12-15-7-8-21(29)24-13-15)11-19(26-22(16)27)18-6-4-3-5-17(18)9-10-28/h7-8,11,13-14,17-18,23,28H,2-6,9-10,12H2,1H3,(H,24,29)/t17-,18?/m0/s1. The predicted octanol–water partition coefficient (Wildman–Crippen LogP) is 3.25. The normalized spacial score (nSPS) is 19.5. The van der Waals surface area contributed by atoms with Gasteiger partial charge in [-0.1, -0.05) is 25.8 Å². The minimum Gasteiger partial charge on any atom is -0.396 e. The number of aryl methyl sites for hydroxylation is 1. The summed E-state index contributed by atoms with van der Waals surface area (Å²) in [4.78, 5) is 19.0. The van der Waals surface area contributed by atoms with E-state index in [1.807, 2.05) is 16.8 Å². The van der Waals surface area contributed by atoms with Gasteiger partial charge in [-0.3, -0.25) is 4.79 Å². The summed E-state index contributed by atoms with van der Waals surface area (Å²) in [5.74, 6) is 1.75. The van der Waals surface area contributed by atoms with E-state index >= 15 is 0 Å². The highest BCUT2D eigenvalue weighted by molar-refractivity contribution is 5.55. The Kier molecular flexibility index (Phi) is 5.94. The zero-order valence-corrected chi connectivity index (χ0v) is 16.9. The van der Waals surface area contributed by atoms with Gasteiger partial charge in [0.25, 0.3) is 0 Å². The van der Waals surface area contributed by atoms with Crippen LogP contribution in [0.2, 0.25) is 0 Å². The molecule has 0 amide bonds. The van der Waals surface area contributed by atoms with E-state index < -0.39 is 0 Å². The van der Waals surface area contributed by atoms with Gasteiger partial charge in [-0.15, -0.1) is 0 Å². The first-order chi connectivity index (χ1) is 14.2. The van der Waals surface area contributed by atoms with Gasteiger partial charge in [-0.05, 0) is 37.2 Å². The smallest absolute Gasteiger partial charge is 0.247 e. The Bertz CT molecular complexity index is 1000. The van der Waals surface area contributed by atoms with Crippen molar-refractivity contribution in [1.82, 2.24) is 19.6 Å². The fourth-order valence-electron chi connectivity index (χ4n) is 4.45. The maximum Gasteiger partial charge on any atom is 0.247 e. The summed E-state index contributed by atoms with van der Waals surface area (Å²) in [6.07, 6.45) is 10.0. The first kappa shape index (κ1) is 19.6. The van der Waals surface area contributed by atoms with Gasteiger partial charge >= 0.3 is 0 Å². The Morgan fingerprint density at radius 1 is 1.31 bits per heavy atom. The SMILES string of the molecule is CCc1cnn2c(NCc3ccc(=O)[nH]c3)cc(C3CCCC[C@H]3CCO)nc12. The summed E-state index contributed by atoms with van der Waals surface area (Å²) >= 11 is 0. The highest BCUT2D eigenvalue weighted by Crippen LogP contribution is 2.39. The molecule has 1 fully saturated rings. The van der Waals surface area contributed by atoms with E-state index in [0.717, 1.165) is 54.0 Å². The number of pyridine rings is 1. The van der Waals surface area contributed by atoms with Crippen LogP contribution in [0.5, 0.6) is 0 Å². The third-order valence-corrected chi connectivity index (χ3v) is 6.06. The van der Waals surface area contributed by atoms with Crippen LogP contribution in [0.25, 0.3) is 5.65 Å². The Morgan fingerprint density at radius 3 is 2.93 bits per heavy atom. The number of aliphatic hydroxyl groups excluding tert-OH is 1. The lowest BCUT2D eigenvalue weighted by molar-refractivity contribution is 0.210. The average molecular weight is 396 g/mol. The predicted molar refractivity (Wildman–Crippen MR) is 113 cm³/mol. The first-order valence-electron chi connectivity index (χ1n) is 10.6. The molecular formula is C22H29N5O2. The van der Waals surface area contributed by atoms with Crippen molar-refractivity contribution >= 4 is 11.5 Å². The van der Waals surface area contributed by atoms with Crippen LogP contribution < -0.4 is 10.9 Å². The van der Waals surface area contributed by atoms with Crippen LogP contribution in [0, 0.1) is 5.92 Å². The molecule has 0 bridgehead atoms. The van der Waals surface area contributed by atoms with Crippen LogP contribution in [0.15, 0.2) is 35.4 Å². The Morgan fingerprint density at radius 2 is 2.17 bits per heavy atom. The Balaban J connectivity index is 1.69. The van der Waals surface area contributed by atoms with E-state index in [2.05, 4.69) is 28.4 Å². The van der Waals surface area contributed by atoms with Crippen LogP contribution in [-0.2, 0) is 13.0 Å². The number of aromatic nitrogens is 4. The second-order valence-electron chi connectivity index (χ2n) is 7.90. The molecule has 1 aliphatic rings. The number of aromatic amines is 1. The zero-order valence-electron chi connectivity index (χ0n) is 16.9. The van der Waals surface area contributed by atoms with Crippen molar-refractivity contribution < 1.29 is 5.11 Å². The molecular weight excluding hydrogens is 366 g/mol. The minimum atomic E-state index is -0.103. The molecule has 7 nitrogen and oxygen atoms in total. The number of rotatable bonds is 7. The summed E-state index contributed by atoms with van der Waals surface area (Å²) in [5.41, 5.74) is 4.02. The number of aliphatic hydroxyl groups is 1. The Hall–Kier alpha value is -2.67. The van der Waals surface area contributed by atoms with Gasteiger partial charge in [-0.2, -0.15) is 9.61 Å². The molecule has 2 atom stereocenters. The highest BCUT2D eigenvalue weighted by atomic mass is 16.3. The molecule has 0 saturated heterocycles. The van der Waals surface area contributed by atoms with Crippen molar-refractivity contribution in [3.05, 3.63) is 57.8 Å². The van der Waals surface area contributed by atoms with E-state index in [0.29, 0.717) is 18.4 Å². The largest absolute Gasteiger partial charge is 0.396 e. The van der Waals surface area contributed by atoms with Gasteiger partial charge in [0.05, 0.1) is 6.20 Å². The van der Waals surface area contributed by atoms with E-state index in [9.17, 15) is 9.90 Å². The molecule has 29 heavy (non-hydrogen) atoms. The molecule has 1 unspecified atom stereocenters. The number of hydrogen-bond acceptors (Lipinski definition) is 5. The molecule has 3 heterocycles. The molecule has 1 aliphatic carbocycles. The number of hydrogen-bond donors (Lipinski definition) is 3. The average Bonchev–Trinajstić information content (AvgIpc) is 3.17. The van der Waals surface area contributed by atoms with Gasteiger partial charge in [0.2, 0.25) is 5.56 Å². The molecule has 0 radical (unpaired) electrons. The fourth-order valence-corrected chi connectivity index (χ4v) is 4.45. The fraction of sp³-hybridized carbons (Fsp3) is 0.500. The number of nitrogens with one attached hydrogen (secondary N) is 2. The topological polar surface area (TPSA) is 95.3 Å². The molecule has 0 aliphatic heterocycles. The van der Waals surface area contributed by atoms with Gasteiger partial charge in [0.1, 0.15) is 5.82 Å². The quantitative estimate of drug-likeness (QED) is 0.571. The van der Waals surface area contributed by atoms with E-state index in [1.165, 1.54) is 18.9 Å². The van der Waals surface area contributed by atoms with Crippen molar-refractivity contribution in [1.29, 1.82) is 0 Å².